The first-order valence-corrected chi connectivity index (χ1v) is 9.56. The Morgan fingerprint density at radius 1 is 1.33 bits per heavy atom. The van der Waals surface area contributed by atoms with E-state index in [-0.39, 0.29) is 28.6 Å². The molecule has 2 heterocycles. The molecule has 124 valence electrons. The molecule has 2 aromatic heterocycles. The van der Waals surface area contributed by atoms with Crippen LogP contribution in [0.15, 0.2) is 38.2 Å². The molecule has 0 bridgehead atoms. The lowest BCUT2D eigenvalue weighted by molar-refractivity contribution is -0.113. The highest BCUT2D eigenvalue weighted by molar-refractivity contribution is 8.00. The van der Waals surface area contributed by atoms with Gasteiger partial charge in [0.1, 0.15) is 5.82 Å². The lowest BCUT2D eigenvalue weighted by atomic mass is 10.2. The third kappa shape index (κ3) is 4.30. The minimum atomic E-state index is -0.388. The van der Waals surface area contributed by atoms with Crippen molar-refractivity contribution in [2.45, 2.75) is 9.56 Å². The zero-order valence-electron chi connectivity index (χ0n) is 12.2. The number of aromatic nitrogens is 4. The van der Waals surface area contributed by atoms with Gasteiger partial charge in [0.2, 0.25) is 16.9 Å². The van der Waals surface area contributed by atoms with Gasteiger partial charge in [0, 0.05) is 5.56 Å². The highest BCUT2D eigenvalue weighted by Crippen LogP contribution is 2.25. The summed E-state index contributed by atoms with van der Waals surface area (Å²) in [6.45, 7) is 0. The van der Waals surface area contributed by atoms with Crippen LogP contribution < -0.4 is 5.32 Å². The number of anilines is 1. The molecule has 0 aliphatic rings. The van der Waals surface area contributed by atoms with Gasteiger partial charge in [-0.05, 0) is 24.5 Å². The Bertz CT molecular complexity index is 854. The maximum absolute atomic E-state index is 13.2. The third-order valence-corrected chi connectivity index (χ3v) is 5.26. The molecule has 1 amide bonds. The molecule has 0 fully saturated rings. The van der Waals surface area contributed by atoms with Crippen molar-refractivity contribution in [3.63, 3.8) is 0 Å². The normalized spacial score (nSPS) is 10.8. The summed E-state index contributed by atoms with van der Waals surface area (Å²) in [5, 5.41) is 18.7. The van der Waals surface area contributed by atoms with E-state index in [4.69, 9.17) is 4.42 Å². The summed E-state index contributed by atoms with van der Waals surface area (Å²) in [5.41, 5.74) is 0.484. The van der Waals surface area contributed by atoms with Crippen LogP contribution in [0.5, 0.6) is 0 Å². The summed E-state index contributed by atoms with van der Waals surface area (Å²) in [4.78, 5) is 11.9. The molecule has 3 rings (SSSR count). The van der Waals surface area contributed by atoms with E-state index in [0.29, 0.717) is 10.7 Å². The number of hydrogen-bond donors (Lipinski definition) is 1. The van der Waals surface area contributed by atoms with E-state index < -0.39 is 0 Å². The van der Waals surface area contributed by atoms with Crippen LogP contribution in [0, 0.1) is 5.82 Å². The minimum absolute atomic E-state index is 0.0823. The molecule has 1 aromatic carbocycles. The molecule has 7 nitrogen and oxygen atoms in total. The molecule has 0 saturated heterocycles. The van der Waals surface area contributed by atoms with Crippen LogP contribution in [0.4, 0.5) is 9.52 Å². The average molecular weight is 383 g/mol. The molecule has 24 heavy (non-hydrogen) atoms. The van der Waals surface area contributed by atoms with Crippen molar-refractivity contribution in [3.05, 3.63) is 30.1 Å². The zero-order chi connectivity index (χ0) is 16.9. The van der Waals surface area contributed by atoms with Gasteiger partial charge in [0.25, 0.3) is 5.22 Å². The summed E-state index contributed by atoms with van der Waals surface area (Å²) >= 11 is 3.84. The van der Waals surface area contributed by atoms with Gasteiger partial charge in [-0.1, -0.05) is 40.9 Å². The number of carbonyl (C=O) groups excluding carboxylic acids is 1. The maximum atomic E-state index is 13.2. The predicted molar refractivity (Wildman–Crippen MR) is 90.7 cm³/mol. The predicted octanol–water partition coefficient (Wildman–Crippen LogP) is 3.18. The second kappa shape index (κ2) is 7.73. The molecule has 0 spiro atoms. The Morgan fingerprint density at radius 2 is 2.21 bits per heavy atom. The molecule has 11 heteroatoms. The van der Waals surface area contributed by atoms with E-state index in [9.17, 15) is 9.18 Å². The largest absolute Gasteiger partial charge is 0.411 e. The lowest BCUT2D eigenvalue weighted by Gasteiger charge is -1.98. The van der Waals surface area contributed by atoms with Gasteiger partial charge in [-0.15, -0.1) is 20.4 Å². The molecular weight excluding hydrogens is 373 g/mol. The van der Waals surface area contributed by atoms with E-state index >= 15 is 0 Å². The summed E-state index contributed by atoms with van der Waals surface area (Å²) in [6.07, 6.45) is 1.88. The molecule has 0 unspecified atom stereocenters. The smallest absolute Gasteiger partial charge is 0.277 e. The molecule has 1 N–H and O–H groups in total. The SMILES string of the molecule is CSc1nnc(NC(=O)CSc2nnc(-c3cccc(F)c3)o2)s1. The molecular formula is C13H10FN5O2S3. The number of rotatable bonds is 6. The van der Waals surface area contributed by atoms with Crippen LogP contribution in [0.25, 0.3) is 11.5 Å². The number of benzene rings is 1. The number of carbonyl (C=O) groups is 1. The number of nitrogens with zero attached hydrogens (tertiary/aromatic N) is 4. The van der Waals surface area contributed by atoms with Crippen molar-refractivity contribution < 1.29 is 13.6 Å². The first-order valence-electron chi connectivity index (χ1n) is 6.53. The summed E-state index contributed by atoms with van der Waals surface area (Å²) in [6, 6.07) is 5.85. The number of halogens is 1. The van der Waals surface area contributed by atoms with Crippen LogP contribution in [0.2, 0.25) is 0 Å². The highest BCUT2D eigenvalue weighted by atomic mass is 32.2. The van der Waals surface area contributed by atoms with Crippen LogP contribution in [-0.2, 0) is 4.79 Å². The van der Waals surface area contributed by atoms with Crippen molar-refractivity contribution >= 4 is 45.9 Å². The van der Waals surface area contributed by atoms with Crippen LogP contribution in [-0.4, -0.2) is 38.3 Å². The van der Waals surface area contributed by atoms with Gasteiger partial charge < -0.3 is 4.42 Å². The second-order valence-electron chi connectivity index (χ2n) is 4.30. The molecule has 0 atom stereocenters. The van der Waals surface area contributed by atoms with Crippen molar-refractivity contribution in [2.24, 2.45) is 0 Å². The Kier molecular flexibility index (Phi) is 5.43. The third-order valence-electron chi connectivity index (χ3n) is 2.63. The van der Waals surface area contributed by atoms with E-state index in [0.717, 1.165) is 16.1 Å². The van der Waals surface area contributed by atoms with Crippen molar-refractivity contribution in [3.8, 4) is 11.5 Å². The minimum Gasteiger partial charge on any atom is -0.411 e. The van der Waals surface area contributed by atoms with Gasteiger partial charge in [-0.25, -0.2) is 4.39 Å². The summed E-state index contributed by atoms with van der Waals surface area (Å²) in [5.74, 6) is -0.361. The zero-order valence-corrected chi connectivity index (χ0v) is 14.7. The summed E-state index contributed by atoms with van der Waals surface area (Å²) in [7, 11) is 0. The van der Waals surface area contributed by atoms with E-state index in [1.165, 1.54) is 35.2 Å². The van der Waals surface area contributed by atoms with Gasteiger partial charge in [-0.3, -0.25) is 10.1 Å². The average Bonchev–Trinajstić information content (AvgIpc) is 3.22. The number of thioether (sulfide) groups is 2. The van der Waals surface area contributed by atoms with Gasteiger partial charge in [-0.2, -0.15) is 0 Å². The highest BCUT2D eigenvalue weighted by Gasteiger charge is 2.13. The van der Waals surface area contributed by atoms with Crippen molar-refractivity contribution in [1.82, 2.24) is 20.4 Å². The van der Waals surface area contributed by atoms with Gasteiger partial charge in [0.15, 0.2) is 4.34 Å². The fourth-order valence-corrected chi connectivity index (χ4v) is 3.38. The molecule has 0 saturated carbocycles. The molecule has 0 aliphatic carbocycles. The van der Waals surface area contributed by atoms with Crippen molar-refractivity contribution in [2.75, 3.05) is 17.3 Å². The Labute approximate surface area is 148 Å². The van der Waals surface area contributed by atoms with Crippen molar-refractivity contribution in [1.29, 1.82) is 0 Å². The van der Waals surface area contributed by atoms with E-state index in [2.05, 4.69) is 25.7 Å². The van der Waals surface area contributed by atoms with Gasteiger partial charge >= 0.3 is 0 Å². The van der Waals surface area contributed by atoms with Crippen LogP contribution in [0.1, 0.15) is 0 Å². The fourth-order valence-electron chi connectivity index (χ4n) is 1.63. The molecule has 3 aromatic rings. The first-order chi connectivity index (χ1) is 11.6. The lowest BCUT2D eigenvalue weighted by Crippen LogP contribution is -2.13. The monoisotopic (exact) mass is 383 g/mol. The van der Waals surface area contributed by atoms with Crippen LogP contribution in [0.3, 0.4) is 0 Å². The maximum Gasteiger partial charge on any atom is 0.277 e. The van der Waals surface area contributed by atoms with E-state index in [1.807, 2.05) is 6.26 Å². The quantitative estimate of drug-likeness (QED) is 0.512. The number of nitrogens with one attached hydrogen (secondary N) is 1. The second-order valence-corrected chi connectivity index (χ2v) is 7.26. The fraction of sp³-hybridized carbons (Fsp3) is 0.154. The molecule has 0 radical (unpaired) electrons. The van der Waals surface area contributed by atoms with Crippen LogP contribution >= 0.6 is 34.9 Å². The number of amides is 1. The Balaban J connectivity index is 1.56. The standard InChI is InChI=1S/C13H10FN5O2S3/c1-22-13-19-17-11(24-13)15-9(20)6-23-12-18-16-10(21-12)7-3-2-4-8(14)5-7/h2-5H,6H2,1H3,(H,15,17,20). The Hall–Kier alpha value is -1.98. The first kappa shape index (κ1) is 16.9. The molecule has 0 aliphatic heterocycles. The summed E-state index contributed by atoms with van der Waals surface area (Å²) < 4.78 is 19.4. The van der Waals surface area contributed by atoms with E-state index in [1.54, 1.807) is 12.1 Å². The number of hydrogen-bond acceptors (Lipinski definition) is 9. The topological polar surface area (TPSA) is 93.8 Å². The Morgan fingerprint density at radius 3 is 2.96 bits per heavy atom. The van der Waals surface area contributed by atoms with Gasteiger partial charge in [0.05, 0.1) is 5.75 Å².